The Bertz CT molecular complexity index is 948. The summed E-state index contributed by atoms with van der Waals surface area (Å²) < 4.78 is 0. The van der Waals surface area contributed by atoms with Gasteiger partial charge in [-0.25, -0.2) is 0 Å². The van der Waals surface area contributed by atoms with Crippen molar-refractivity contribution in [2.75, 3.05) is 11.4 Å². The molecule has 1 aromatic carbocycles. The van der Waals surface area contributed by atoms with Crippen molar-refractivity contribution in [2.45, 2.75) is 26.8 Å². The Hall–Kier alpha value is -2.51. The van der Waals surface area contributed by atoms with Crippen LogP contribution in [0.1, 0.15) is 28.5 Å². The van der Waals surface area contributed by atoms with Crippen molar-refractivity contribution in [1.29, 1.82) is 10.8 Å². The Balaban J connectivity index is 2.27. The van der Waals surface area contributed by atoms with Crippen LogP contribution in [-0.2, 0) is 4.79 Å². The monoisotopic (exact) mass is 401 g/mol. The van der Waals surface area contributed by atoms with Crippen LogP contribution in [0.25, 0.3) is 0 Å². The summed E-state index contributed by atoms with van der Waals surface area (Å²) in [6.45, 7) is 5.90. The van der Waals surface area contributed by atoms with Crippen LogP contribution in [0.5, 0.6) is 0 Å². The highest BCUT2D eigenvalue weighted by Gasteiger charge is 2.33. The zero-order chi connectivity index (χ0) is 19.7. The molecular weight excluding hydrogens is 382 g/mol. The van der Waals surface area contributed by atoms with Crippen LogP contribution in [0.2, 0.25) is 5.02 Å². The van der Waals surface area contributed by atoms with E-state index in [1.54, 1.807) is 23.2 Å². The van der Waals surface area contributed by atoms with E-state index in [2.05, 4.69) is 5.32 Å². The van der Waals surface area contributed by atoms with Gasteiger partial charge in [-0.15, -0.1) is 11.3 Å². The van der Waals surface area contributed by atoms with Gasteiger partial charge in [-0.1, -0.05) is 23.7 Å². The largest absolute Gasteiger partial charge is 0.356 e. The number of benzene rings is 1. The molecule has 0 aliphatic carbocycles. The fraction of sp³-hybridized carbons (Fsp3) is 0.263. The average molecular weight is 402 g/mol. The molecule has 0 saturated carbocycles. The summed E-state index contributed by atoms with van der Waals surface area (Å²) in [6, 6.07) is 6.82. The highest BCUT2D eigenvalue weighted by Crippen LogP contribution is 2.39. The summed E-state index contributed by atoms with van der Waals surface area (Å²) in [5.74, 6) is 0.412. The minimum atomic E-state index is -0.597. The van der Waals surface area contributed by atoms with Gasteiger partial charge in [-0.3, -0.25) is 25.5 Å². The Labute approximate surface area is 166 Å². The Morgan fingerprint density at radius 1 is 1.37 bits per heavy atom. The van der Waals surface area contributed by atoms with Crippen molar-refractivity contribution in [1.82, 2.24) is 5.32 Å². The summed E-state index contributed by atoms with van der Waals surface area (Å²) in [5, 5.41) is 20.9. The van der Waals surface area contributed by atoms with Crippen molar-refractivity contribution >= 4 is 51.7 Å². The topological polar surface area (TPSA) is 92.4 Å². The molecular formula is C19H20ClN5OS. The number of hydrogen-bond acceptors (Lipinski definition) is 5. The fourth-order valence-electron chi connectivity index (χ4n) is 3.05. The van der Waals surface area contributed by atoms with Crippen LogP contribution in [0, 0.1) is 24.7 Å². The van der Waals surface area contributed by atoms with E-state index in [1.165, 1.54) is 0 Å². The summed E-state index contributed by atoms with van der Waals surface area (Å²) >= 11 is 7.59. The second kappa shape index (κ2) is 7.62. The lowest BCUT2D eigenvalue weighted by Gasteiger charge is -2.24. The number of fused-ring (bicyclic) bond motifs is 1. The zero-order valence-electron chi connectivity index (χ0n) is 15.3. The van der Waals surface area contributed by atoms with Crippen LogP contribution in [-0.4, -0.2) is 36.4 Å². The molecule has 3 rings (SSSR count). The number of thiophene rings is 1. The molecule has 1 aliphatic heterocycles. The molecule has 6 nitrogen and oxygen atoms in total. The predicted molar refractivity (Wildman–Crippen MR) is 112 cm³/mol. The third-order valence-corrected chi connectivity index (χ3v) is 5.94. The second-order valence-electron chi connectivity index (χ2n) is 6.30. The lowest BCUT2D eigenvalue weighted by Crippen LogP contribution is -2.43. The highest BCUT2D eigenvalue weighted by molar-refractivity contribution is 7.17. The standard InChI is InChI=1S/C19H20ClN5OS/c1-10-11(2)27-19-16(10)17(13-4-6-14(20)7-5-13)24-15(8-23-9-26)18(22)25(19)12(3)21/h4-7,9,15,21-22H,8H2,1-3H3,(H,23,26). The number of nitrogens with one attached hydrogen (secondary N) is 3. The first-order chi connectivity index (χ1) is 12.8. The van der Waals surface area contributed by atoms with Crippen molar-refractivity contribution < 1.29 is 4.79 Å². The normalized spacial score (nSPS) is 16.4. The quantitative estimate of drug-likeness (QED) is 0.413. The third-order valence-electron chi connectivity index (χ3n) is 4.50. The van der Waals surface area contributed by atoms with Gasteiger partial charge < -0.3 is 5.32 Å². The third kappa shape index (κ3) is 3.52. The Morgan fingerprint density at radius 3 is 2.63 bits per heavy atom. The number of amidine groups is 2. The molecule has 0 saturated heterocycles. The van der Waals surface area contributed by atoms with Crippen LogP contribution < -0.4 is 10.2 Å². The molecule has 0 radical (unpaired) electrons. The van der Waals surface area contributed by atoms with Crippen LogP contribution >= 0.6 is 22.9 Å². The molecule has 1 amide bonds. The number of aryl methyl sites for hydroxylation is 1. The van der Waals surface area contributed by atoms with E-state index in [9.17, 15) is 4.79 Å². The van der Waals surface area contributed by atoms with Gasteiger partial charge in [0.15, 0.2) is 0 Å². The maximum atomic E-state index is 10.8. The van der Waals surface area contributed by atoms with Gasteiger partial charge in [-0.05, 0) is 38.5 Å². The first-order valence-corrected chi connectivity index (χ1v) is 9.59. The molecule has 2 aromatic rings. The van der Waals surface area contributed by atoms with Gasteiger partial charge in [0, 0.05) is 27.6 Å². The van der Waals surface area contributed by atoms with Gasteiger partial charge in [0.25, 0.3) is 0 Å². The molecule has 0 bridgehead atoms. The molecule has 27 heavy (non-hydrogen) atoms. The minimum Gasteiger partial charge on any atom is -0.356 e. The maximum absolute atomic E-state index is 10.8. The highest BCUT2D eigenvalue weighted by atomic mass is 35.5. The van der Waals surface area contributed by atoms with E-state index in [4.69, 9.17) is 27.4 Å². The Morgan fingerprint density at radius 2 is 2.04 bits per heavy atom. The number of carbonyl (C=O) groups is 1. The SMILES string of the molecule is CC(=N)N1C(=N)C(CNC=O)N=C(c2ccc(Cl)cc2)c2c1sc(C)c2C. The number of hydrogen-bond donors (Lipinski definition) is 3. The number of aliphatic imine (C=N–C) groups is 1. The summed E-state index contributed by atoms with van der Waals surface area (Å²) in [6.07, 6.45) is 0.600. The first-order valence-electron chi connectivity index (χ1n) is 8.40. The van der Waals surface area contributed by atoms with Crippen LogP contribution in [0.15, 0.2) is 29.3 Å². The van der Waals surface area contributed by atoms with Gasteiger partial charge in [0.1, 0.15) is 22.7 Å². The van der Waals surface area contributed by atoms with Gasteiger partial charge in [0.2, 0.25) is 6.41 Å². The lowest BCUT2D eigenvalue weighted by atomic mass is 10.00. The number of carbonyl (C=O) groups excluding carboxylic acids is 1. The Kier molecular flexibility index (Phi) is 5.43. The number of amides is 1. The van der Waals surface area contributed by atoms with E-state index in [1.807, 2.05) is 38.1 Å². The molecule has 1 unspecified atom stereocenters. The van der Waals surface area contributed by atoms with Crippen LogP contribution in [0.3, 0.4) is 0 Å². The van der Waals surface area contributed by atoms with Crippen molar-refractivity contribution in [3.63, 3.8) is 0 Å². The van der Waals surface area contributed by atoms with Crippen molar-refractivity contribution in [3.8, 4) is 0 Å². The van der Waals surface area contributed by atoms with Gasteiger partial charge in [-0.2, -0.15) is 0 Å². The summed E-state index contributed by atoms with van der Waals surface area (Å²) in [7, 11) is 0. The van der Waals surface area contributed by atoms with Crippen molar-refractivity contribution in [3.05, 3.63) is 50.9 Å². The second-order valence-corrected chi connectivity index (χ2v) is 7.94. The molecule has 3 N–H and O–H groups in total. The lowest BCUT2D eigenvalue weighted by molar-refractivity contribution is -0.109. The molecule has 8 heteroatoms. The fourth-order valence-corrected chi connectivity index (χ4v) is 4.40. The van der Waals surface area contributed by atoms with E-state index in [0.29, 0.717) is 11.4 Å². The smallest absolute Gasteiger partial charge is 0.207 e. The number of halogens is 1. The van der Waals surface area contributed by atoms with Crippen molar-refractivity contribution in [2.24, 2.45) is 4.99 Å². The molecule has 1 atom stereocenters. The molecule has 1 aromatic heterocycles. The number of rotatable bonds is 4. The van der Waals surface area contributed by atoms with E-state index in [0.717, 1.165) is 32.3 Å². The molecule has 0 fully saturated rings. The molecule has 0 spiro atoms. The molecule has 1 aliphatic rings. The first kappa shape index (κ1) is 19.3. The van der Waals surface area contributed by atoms with E-state index in [-0.39, 0.29) is 18.2 Å². The minimum absolute atomic E-state index is 0.170. The maximum Gasteiger partial charge on any atom is 0.207 e. The molecule has 140 valence electrons. The van der Waals surface area contributed by atoms with Crippen LogP contribution in [0.4, 0.5) is 5.00 Å². The average Bonchev–Trinajstić information content (AvgIpc) is 2.83. The zero-order valence-corrected chi connectivity index (χ0v) is 16.8. The summed E-state index contributed by atoms with van der Waals surface area (Å²) in [4.78, 5) is 18.4. The molecule has 2 heterocycles. The van der Waals surface area contributed by atoms with Gasteiger partial charge in [0.05, 0.1) is 5.71 Å². The van der Waals surface area contributed by atoms with Gasteiger partial charge >= 0.3 is 0 Å². The van der Waals surface area contributed by atoms with E-state index < -0.39 is 6.04 Å². The summed E-state index contributed by atoms with van der Waals surface area (Å²) in [5.41, 5.74) is 3.63. The van der Waals surface area contributed by atoms with E-state index >= 15 is 0 Å². The number of anilines is 1. The predicted octanol–water partition coefficient (Wildman–Crippen LogP) is 3.76. The number of nitrogens with zero attached hydrogens (tertiary/aromatic N) is 2.